The average Bonchev–Trinajstić information content (AvgIpc) is 3.31. The summed E-state index contributed by atoms with van der Waals surface area (Å²) in [7, 11) is 0. The first-order valence-corrected chi connectivity index (χ1v) is 10.8. The van der Waals surface area contributed by atoms with Gasteiger partial charge >= 0.3 is 0 Å². The number of anilines is 2. The van der Waals surface area contributed by atoms with Crippen LogP contribution in [-0.4, -0.2) is 32.8 Å². The number of H-pyrrole nitrogens is 1. The zero-order valence-electron chi connectivity index (χ0n) is 16.6. The number of carbonyl (C=O) groups is 1. The van der Waals surface area contributed by atoms with Crippen molar-refractivity contribution < 1.29 is 4.79 Å². The topological polar surface area (TPSA) is 91.3 Å². The molecule has 1 amide bonds. The molecule has 0 atom stereocenters. The smallest absolute Gasteiger partial charge is 0.285 e. The summed E-state index contributed by atoms with van der Waals surface area (Å²) in [6.45, 7) is 2.65. The molecule has 0 bridgehead atoms. The number of fused-ring (bicyclic) bond motifs is 1. The molecule has 30 heavy (non-hydrogen) atoms. The number of hydrogen-bond donors (Lipinski definition) is 3. The van der Waals surface area contributed by atoms with Crippen LogP contribution in [0.2, 0.25) is 0 Å². The molecule has 1 fully saturated rings. The summed E-state index contributed by atoms with van der Waals surface area (Å²) in [6, 6.07) is 9.93. The summed E-state index contributed by atoms with van der Waals surface area (Å²) >= 11 is 1.62. The molecule has 1 aromatic heterocycles. The predicted molar refractivity (Wildman–Crippen MR) is 119 cm³/mol. The van der Waals surface area contributed by atoms with Crippen LogP contribution in [0.3, 0.4) is 0 Å². The van der Waals surface area contributed by atoms with Crippen molar-refractivity contribution in [3.63, 3.8) is 0 Å². The van der Waals surface area contributed by atoms with Gasteiger partial charge in [-0.1, -0.05) is 6.42 Å². The lowest BCUT2D eigenvalue weighted by molar-refractivity contribution is -0.122. The molecule has 1 saturated carbocycles. The van der Waals surface area contributed by atoms with Crippen LogP contribution in [0.4, 0.5) is 11.5 Å². The molecule has 2 aromatic rings. The monoisotopic (exact) mass is 421 g/mol. The van der Waals surface area contributed by atoms with Gasteiger partial charge in [0.25, 0.3) is 11.7 Å². The van der Waals surface area contributed by atoms with E-state index in [-0.39, 0.29) is 11.8 Å². The Balaban J connectivity index is 1.27. The highest BCUT2D eigenvalue weighted by Crippen LogP contribution is 2.30. The van der Waals surface area contributed by atoms with Crippen molar-refractivity contribution in [2.45, 2.75) is 31.1 Å². The van der Waals surface area contributed by atoms with Crippen LogP contribution < -0.4 is 15.5 Å². The lowest BCUT2D eigenvalue weighted by Crippen LogP contribution is -2.42. The number of nitrogens with one attached hydrogen (secondary N) is 3. The van der Waals surface area contributed by atoms with Gasteiger partial charge in [0.2, 0.25) is 5.91 Å². The largest absolute Gasteiger partial charge is 0.326 e. The second-order valence-electron chi connectivity index (χ2n) is 7.60. The van der Waals surface area contributed by atoms with Gasteiger partial charge < -0.3 is 5.32 Å². The number of benzene rings is 1. The molecular weight excluding hydrogens is 398 g/mol. The van der Waals surface area contributed by atoms with Crippen molar-refractivity contribution in [3.8, 4) is 0 Å². The van der Waals surface area contributed by atoms with E-state index in [9.17, 15) is 4.79 Å². The van der Waals surface area contributed by atoms with Gasteiger partial charge in [-0.05, 0) is 60.9 Å². The molecule has 1 aliphatic carbocycles. The van der Waals surface area contributed by atoms with Crippen molar-refractivity contribution in [2.75, 3.05) is 17.2 Å². The zero-order valence-corrected chi connectivity index (χ0v) is 17.4. The minimum atomic E-state index is 0.136. The maximum atomic E-state index is 12.1. The summed E-state index contributed by atoms with van der Waals surface area (Å²) < 4.78 is 2.13. The van der Waals surface area contributed by atoms with Crippen molar-refractivity contribution in [1.29, 1.82) is 0 Å². The van der Waals surface area contributed by atoms with Gasteiger partial charge in [-0.2, -0.15) is 10.1 Å². The van der Waals surface area contributed by atoms with Gasteiger partial charge in [-0.3, -0.25) is 19.5 Å². The Bertz CT molecular complexity index is 1040. The molecular formula is C21H23N7OS+. The molecule has 153 valence electrons. The van der Waals surface area contributed by atoms with E-state index < -0.39 is 0 Å². The number of hydrogen-bond acceptors (Lipinski definition) is 7. The Hall–Kier alpha value is -3.04. The number of aromatic amines is 1. The Labute approximate surface area is 179 Å². The molecule has 1 radical (unpaired) electrons. The first-order chi connectivity index (χ1) is 14.6. The average molecular weight is 422 g/mol. The number of aryl methyl sites for hydroxylation is 1. The molecule has 3 aliphatic rings. The fraction of sp³-hybridized carbons (Fsp3) is 0.286. The molecule has 8 nitrogen and oxygen atoms in total. The van der Waals surface area contributed by atoms with E-state index >= 15 is 0 Å². The van der Waals surface area contributed by atoms with Gasteiger partial charge in [0.1, 0.15) is 6.54 Å². The van der Waals surface area contributed by atoms with E-state index in [4.69, 9.17) is 0 Å². The first kappa shape index (κ1) is 19.0. The molecule has 2 aliphatic heterocycles. The predicted octanol–water partition coefficient (Wildman–Crippen LogP) is 3.71. The van der Waals surface area contributed by atoms with Crippen LogP contribution in [0.1, 0.15) is 25.0 Å². The van der Waals surface area contributed by atoms with Gasteiger partial charge in [0.05, 0.1) is 12.4 Å². The highest BCUT2D eigenvalue weighted by molar-refractivity contribution is 7.97. The summed E-state index contributed by atoms with van der Waals surface area (Å²) in [5.41, 5.74) is 1.84. The van der Waals surface area contributed by atoms with Gasteiger partial charge in [-0.25, -0.2) is 0 Å². The first-order valence-electron chi connectivity index (χ1n) is 10.0. The van der Waals surface area contributed by atoms with Crippen molar-refractivity contribution >= 4 is 35.2 Å². The highest BCUT2D eigenvalue weighted by atomic mass is 32.2. The number of amidine groups is 1. The third-order valence-corrected chi connectivity index (χ3v) is 6.27. The Morgan fingerprint density at radius 2 is 2.13 bits per heavy atom. The summed E-state index contributed by atoms with van der Waals surface area (Å²) in [4.78, 5) is 19.7. The van der Waals surface area contributed by atoms with E-state index in [1.165, 1.54) is 0 Å². The van der Waals surface area contributed by atoms with Crippen LogP contribution in [0.15, 0.2) is 64.6 Å². The van der Waals surface area contributed by atoms with Gasteiger partial charge in [-0.15, -0.1) is 0 Å². The third-order valence-electron chi connectivity index (χ3n) is 5.32. The Morgan fingerprint density at radius 1 is 1.30 bits per heavy atom. The summed E-state index contributed by atoms with van der Waals surface area (Å²) in [5.74, 6) is 2.92. The van der Waals surface area contributed by atoms with Crippen LogP contribution in [-0.2, 0) is 4.79 Å². The Kier molecular flexibility index (Phi) is 5.06. The second-order valence-corrected chi connectivity index (χ2v) is 8.72. The number of aromatic nitrogens is 2. The lowest BCUT2D eigenvalue weighted by atomic mass is 9.85. The minimum Gasteiger partial charge on any atom is -0.326 e. The molecule has 0 saturated heterocycles. The van der Waals surface area contributed by atoms with Crippen LogP contribution >= 0.6 is 11.9 Å². The highest BCUT2D eigenvalue weighted by Gasteiger charge is 2.37. The minimum absolute atomic E-state index is 0.136. The molecule has 3 heterocycles. The molecule has 3 N–H and O–H groups in total. The zero-order chi connectivity index (χ0) is 20.5. The molecule has 5 rings (SSSR count). The van der Waals surface area contributed by atoms with E-state index in [1.807, 2.05) is 48.4 Å². The fourth-order valence-electron chi connectivity index (χ4n) is 3.47. The normalized spacial score (nSPS) is 18.5. The lowest BCUT2D eigenvalue weighted by Gasteiger charge is -2.24. The van der Waals surface area contributed by atoms with Crippen LogP contribution in [0.25, 0.3) is 0 Å². The SMILES string of the molecule is Cc1cc(NC2=CN(Sc3ccc(NC(=O)C4CCC4)cc3)CC3=NC=C[N+]23)n[nH]1. The van der Waals surface area contributed by atoms with Crippen LogP contribution in [0, 0.1) is 12.8 Å². The molecule has 0 spiro atoms. The number of aliphatic imine (C=N–C) groups is 1. The van der Waals surface area contributed by atoms with E-state index in [2.05, 4.69) is 36.3 Å². The van der Waals surface area contributed by atoms with Crippen LogP contribution in [0.5, 0.6) is 0 Å². The second kappa shape index (κ2) is 8.00. The Morgan fingerprint density at radius 3 is 2.83 bits per heavy atom. The number of rotatable bonds is 6. The van der Waals surface area contributed by atoms with E-state index in [0.717, 1.165) is 53.0 Å². The van der Waals surface area contributed by atoms with Crippen molar-refractivity contribution in [2.24, 2.45) is 10.9 Å². The van der Waals surface area contributed by atoms with Gasteiger partial charge in [0.15, 0.2) is 12.0 Å². The van der Waals surface area contributed by atoms with Gasteiger partial charge in [0, 0.05) is 28.3 Å². The van der Waals surface area contributed by atoms with E-state index in [0.29, 0.717) is 6.54 Å². The number of carbonyl (C=O) groups excluding carboxylic acids is 1. The maximum absolute atomic E-state index is 12.1. The summed E-state index contributed by atoms with van der Waals surface area (Å²) in [5, 5.41) is 13.6. The van der Waals surface area contributed by atoms with Crippen molar-refractivity contribution in [1.82, 2.24) is 19.4 Å². The summed E-state index contributed by atoms with van der Waals surface area (Å²) in [6.07, 6.45) is 8.96. The third kappa shape index (κ3) is 3.99. The van der Waals surface area contributed by atoms with E-state index in [1.54, 1.807) is 18.1 Å². The quantitative estimate of drug-likeness (QED) is 0.489. The maximum Gasteiger partial charge on any atom is 0.285 e. The molecule has 1 aromatic carbocycles. The number of nitrogens with zero attached hydrogens (tertiary/aromatic N) is 4. The fourth-order valence-corrected chi connectivity index (χ4v) is 4.33. The standard InChI is InChI=1S/C21H23N7OS/c1-14-11-18(26-25-14)24-20-13-27(12-19-22-9-10-28(19)20)30-17-7-5-16(6-8-17)23-21(29)15-3-2-4-15/h5-11,13,15H,2-4,12H2,1H3,(H,23,29)(H2,24,25,26)/q+1. The molecule has 9 heteroatoms. The molecule has 0 unspecified atom stereocenters. The number of amides is 1. The van der Waals surface area contributed by atoms with Crippen molar-refractivity contribution in [3.05, 3.63) is 60.4 Å².